The first-order valence-electron chi connectivity index (χ1n) is 6.68. The number of nitrogens with one attached hydrogen (secondary N) is 1. The molecule has 0 aliphatic heterocycles. The number of primary amides is 1. The van der Waals surface area contributed by atoms with E-state index in [4.69, 9.17) is 15.9 Å². The summed E-state index contributed by atoms with van der Waals surface area (Å²) in [5.41, 5.74) is 13.4. The number of amides is 1. The fourth-order valence-electron chi connectivity index (χ4n) is 2.19. The van der Waals surface area contributed by atoms with Gasteiger partial charge >= 0.3 is 0 Å². The topological polar surface area (TPSA) is 124 Å². The van der Waals surface area contributed by atoms with Crippen molar-refractivity contribution < 1.29 is 9.21 Å². The zero-order valence-electron chi connectivity index (χ0n) is 11.7. The van der Waals surface area contributed by atoms with E-state index in [2.05, 4.69) is 15.2 Å². The third-order valence-corrected chi connectivity index (χ3v) is 4.03. The van der Waals surface area contributed by atoms with E-state index in [9.17, 15) is 4.79 Å². The zero-order chi connectivity index (χ0) is 15.5. The predicted octanol–water partition coefficient (Wildman–Crippen LogP) is 1.37. The summed E-state index contributed by atoms with van der Waals surface area (Å²) in [6.45, 7) is 0. The first kappa shape index (κ1) is 14.6. The molecule has 0 unspecified atom stereocenters. The number of thioether (sulfide) groups is 1. The van der Waals surface area contributed by atoms with Gasteiger partial charge in [0.15, 0.2) is 0 Å². The van der Waals surface area contributed by atoms with E-state index >= 15 is 0 Å². The summed E-state index contributed by atoms with van der Waals surface area (Å²) in [4.78, 5) is 13.9. The van der Waals surface area contributed by atoms with E-state index in [1.165, 1.54) is 0 Å². The highest BCUT2D eigenvalue weighted by molar-refractivity contribution is 7.99. The Bertz CT molecular complexity index is 797. The van der Waals surface area contributed by atoms with Crippen LogP contribution in [0.3, 0.4) is 0 Å². The number of nitrogens with zero attached hydrogens (tertiary/aromatic N) is 2. The van der Waals surface area contributed by atoms with Crippen molar-refractivity contribution in [2.75, 3.05) is 5.75 Å². The molecule has 22 heavy (non-hydrogen) atoms. The Morgan fingerprint density at radius 3 is 3.00 bits per heavy atom. The first-order chi connectivity index (χ1) is 10.6. The van der Waals surface area contributed by atoms with Crippen molar-refractivity contribution in [3.05, 3.63) is 41.9 Å². The van der Waals surface area contributed by atoms with E-state index in [-0.39, 0.29) is 5.75 Å². The molecule has 0 bridgehead atoms. The van der Waals surface area contributed by atoms with E-state index in [0.717, 1.165) is 28.2 Å². The molecule has 114 valence electrons. The third kappa shape index (κ3) is 3.12. The number of aromatic amines is 1. The Balaban J connectivity index is 1.71. The number of H-pyrrole nitrogens is 1. The van der Waals surface area contributed by atoms with Gasteiger partial charge in [-0.25, -0.2) is 0 Å². The lowest BCUT2D eigenvalue weighted by molar-refractivity contribution is -0.115. The van der Waals surface area contributed by atoms with Crippen LogP contribution < -0.4 is 11.5 Å². The van der Waals surface area contributed by atoms with Crippen LogP contribution in [0.15, 0.2) is 40.1 Å². The summed E-state index contributed by atoms with van der Waals surface area (Å²) in [6, 6.07) is 7.60. The van der Waals surface area contributed by atoms with Gasteiger partial charge < -0.3 is 20.9 Å². The maximum atomic E-state index is 10.7. The fourth-order valence-corrected chi connectivity index (χ4v) is 2.69. The molecule has 0 radical (unpaired) electrons. The van der Waals surface area contributed by atoms with Crippen LogP contribution in [0, 0.1) is 0 Å². The number of hydrogen-bond donors (Lipinski definition) is 3. The van der Waals surface area contributed by atoms with Crippen LogP contribution >= 0.6 is 11.8 Å². The maximum absolute atomic E-state index is 10.7. The Morgan fingerprint density at radius 2 is 2.18 bits per heavy atom. The molecule has 1 aromatic carbocycles. The van der Waals surface area contributed by atoms with Gasteiger partial charge in [0.25, 0.3) is 5.22 Å². The van der Waals surface area contributed by atoms with E-state index in [0.29, 0.717) is 17.5 Å². The van der Waals surface area contributed by atoms with Crippen LogP contribution in [0.5, 0.6) is 0 Å². The van der Waals surface area contributed by atoms with Gasteiger partial charge in [-0.2, -0.15) is 0 Å². The number of aromatic nitrogens is 3. The van der Waals surface area contributed by atoms with Gasteiger partial charge in [0, 0.05) is 17.1 Å². The highest BCUT2D eigenvalue weighted by atomic mass is 32.2. The van der Waals surface area contributed by atoms with Crippen LogP contribution in [0.1, 0.15) is 17.5 Å². The van der Waals surface area contributed by atoms with Gasteiger partial charge in [-0.15, -0.1) is 10.2 Å². The van der Waals surface area contributed by atoms with Crippen molar-refractivity contribution in [1.29, 1.82) is 0 Å². The van der Waals surface area contributed by atoms with Crippen molar-refractivity contribution >= 4 is 28.6 Å². The largest absolute Gasteiger partial charge is 0.414 e. The number of benzene rings is 1. The van der Waals surface area contributed by atoms with Crippen molar-refractivity contribution in [3.8, 4) is 0 Å². The standard InChI is InChI=1S/C14H15N5O2S/c15-10(13-18-19-14(21-13)22-7-12(16)20)5-8-6-17-11-4-2-1-3-9(8)11/h1-4,6,10,17H,5,7,15H2,(H2,16,20)/t10-/m1/s1. The summed E-state index contributed by atoms with van der Waals surface area (Å²) in [5.74, 6) is 0.00404. The van der Waals surface area contributed by atoms with Gasteiger partial charge in [-0.3, -0.25) is 4.79 Å². The van der Waals surface area contributed by atoms with Crippen LogP contribution in [0.25, 0.3) is 10.9 Å². The molecular weight excluding hydrogens is 302 g/mol. The smallest absolute Gasteiger partial charge is 0.277 e. The van der Waals surface area contributed by atoms with Gasteiger partial charge in [-0.1, -0.05) is 30.0 Å². The maximum Gasteiger partial charge on any atom is 0.277 e. The number of rotatable bonds is 6. The molecule has 0 saturated heterocycles. The van der Waals surface area contributed by atoms with Crippen molar-refractivity contribution in [1.82, 2.24) is 15.2 Å². The number of hydrogen-bond acceptors (Lipinski definition) is 6. The molecular formula is C14H15N5O2S. The van der Waals surface area contributed by atoms with Crippen molar-refractivity contribution in [2.24, 2.45) is 11.5 Å². The molecule has 0 aliphatic carbocycles. The molecule has 0 fully saturated rings. The zero-order valence-corrected chi connectivity index (χ0v) is 12.5. The summed E-state index contributed by atoms with van der Waals surface area (Å²) < 4.78 is 5.45. The average molecular weight is 317 g/mol. The molecule has 1 amide bonds. The molecule has 0 spiro atoms. The number of nitrogens with two attached hydrogens (primary N) is 2. The van der Waals surface area contributed by atoms with Crippen LogP contribution in [0.4, 0.5) is 0 Å². The normalized spacial score (nSPS) is 12.6. The number of carbonyl (C=O) groups excluding carboxylic acids is 1. The molecule has 5 N–H and O–H groups in total. The summed E-state index contributed by atoms with van der Waals surface area (Å²) >= 11 is 1.10. The minimum Gasteiger partial charge on any atom is -0.414 e. The molecule has 2 heterocycles. The number of fused-ring (bicyclic) bond motifs is 1. The second-order valence-corrected chi connectivity index (χ2v) is 5.76. The van der Waals surface area contributed by atoms with Gasteiger partial charge in [0.2, 0.25) is 11.8 Å². The highest BCUT2D eigenvalue weighted by Gasteiger charge is 2.17. The van der Waals surface area contributed by atoms with Crippen LogP contribution in [0.2, 0.25) is 0 Å². The second kappa shape index (κ2) is 6.20. The van der Waals surface area contributed by atoms with Crippen LogP contribution in [-0.4, -0.2) is 26.8 Å². The van der Waals surface area contributed by atoms with Crippen molar-refractivity contribution in [3.63, 3.8) is 0 Å². The Kier molecular flexibility index (Phi) is 4.12. The van der Waals surface area contributed by atoms with E-state index < -0.39 is 11.9 Å². The molecule has 8 heteroatoms. The SMILES string of the molecule is NC(=O)CSc1nnc([C@H](N)Cc2c[nH]c3ccccc23)o1. The molecule has 0 aliphatic rings. The quantitative estimate of drug-likeness (QED) is 0.590. The van der Waals surface area contributed by atoms with E-state index in [1.54, 1.807) is 0 Å². The molecule has 2 aromatic heterocycles. The molecule has 3 aromatic rings. The van der Waals surface area contributed by atoms with Gasteiger partial charge in [0.1, 0.15) is 0 Å². The lowest BCUT2D eigenvalue weighted by Crippen LogP contribution is -2.13. The number of para-hydroxylation sites is 1. The first-order valence-corrected chi connectivity index (χ1v) is 7.67. The Labute approximate surface area is 130 Å². The van der Waals surface area contributed by atoms with Gasteiger partial charge in [-0.05, 0) is 18.1 Å². The Morgan fingerprint density at radius 1 is 1.36 bits per heavy atom. The lowest BCUT2D eigenvalue weighted by atomic mass is 10.1. The highest BCUT2D eigenvalue weighted by Crippen LogP contribution is 2.24. The number of carbonyl (C=O) groups is 1. The monoisotopic (exact) mass is 317 g/mol. The molecule has 1 atom stereocenters. The second-order valence-electron chi connectivity index (χ2n) is 4.83. The Hall–Kier alpha value is -2.32. The fraction of sp³-hybridized carbons (Fsp3) is 0.214. The predicted molar refractivity (Wildman–Crippen MR) is 83.1 cm³/mol. The van der Waals surface area contributed by atoms with Crippen molar-refractivity contribution in [2.45, 2.75) is 17.7 Å². The van der Waals surface area contributed by atoms with Gasteiger partial charge in [0.05, 0.1) is 11.8 Å². The average Bonchev–Trinajstić information content (AvgIpc) is 3.13. The lowest BCUT2D eigenvalue weighted by Gasteiger charge is -2.05. The van der Waals surface area contributed by atoms with Crippen LogP contribution in [-0.2, 0) is 11.2 Å². The molecule has 0 saturated carbocycles. The summed E-state index contributed by atoms with van der Waals surface area (Å²) in [7, 11) is 0. The molecule has 3 rings (SSSR count). The molecule has 7 nitrogen and oxygen atoms in total. The summed E-state index contributed by atoms with van der Waals surface area (Å²) in [5, 5.41) is 9.20. The third-order valence-electron chi connectivity index (χ3n) is 3.19. The minimum atomic E-state index is -0.437. The van der Waals surface area contributed by atoms with E-state index in [1.807, 2.05) is 30.5 Å². The minimum absolute atomic E-state index is 0.0965. The summed E-state index contributed by atoms with van der Waals surface area (Å²) in [6.07, 6.45) is 2.51.